The summed E-state index contributed by atoms with van der Waals surface area (Å²) in [5.74, 6) is -0.190. The van der Waals surface area contributed by atoms with Crippen molar-refractivity contribution in [3.8, 4) is 5.75 Å². The van der Waals surface area contributed by atoms with Crippen LogP contribution in [0.4, 0.5) is 25.0 Å². The number of anilines is 2. The first-order valence-electron chi connectivity index (χ1n) is 8.00. The highest BCUT2D eigenvalue weighted by Gasteiger charge is 2.20. The third-order valence-corrected chi connectivity index (χ3v) is 3.83. The molecule has 1 aliphatic heterocycles. The fraction of sp³-hybridized carbons (Fsp3) is 0.222. The highest BCUT2D eigenvalue weighted by atomic mass is 19.3. The van der Waals surface area contributed by atoms with Crippen LogP contribution in [0.15, 0.2) is 48.5 Å². The fourth-order valence-corrected chi connectivity index (χ4v) is 2.62. The van der Waals surface area contributed by atoms with E-state index in [2.05, 4.69) is 15.4 Å². The third-order valence-electron chi connectivity index (χ3n) is 3.83. The number of amides is 3. The SMILES string of the molecule is O=C(Cc1ccc(OC(F)F)cc1)Nc1ccc(N2CCNC2=O)cc1. The molecular weight excluding hydrogens is 344 g/mol. The molecule has 0 unspecified atom stereocenters. The number of nitrogens with one attached hydrogen (secondary N) is 2. The first kappa shape index (κ1) is 17.7. The number of alkyl halides is 2. The van der Waals surface area contributed by atoms with Crippen LogP contribution in [0.2, 0.25) is 0 Å². The second-order valence-corrected chi connectivity index (χ2v) is 5.68. The molecule has 26 heavy (non-hydrogen) atoms. The minimum atomic E-state index is -2.88. The Morgan fingerprint density at radius 2 is 1.85 bits per heavy atom. The predicted molar refractivity (Wildman–Crippen MR) is 92.6 cm³/mol. The molecule has 0 bridgehead atoms. The lowest BCUT2D eigenvalue weighted by atomic mass is 10.1. The van der Waals surface area contributed by atoms with Crippen molar-refractivity contribution >= 4 is 23.3 Å². The first-order valence-corrected chi connectivity index (χ1v) is 8.00. The molecule has 136 valence electrons. The van der Waals surface area contributed by atoms with Gasteiger partial charge in [-0.05, 0) is 42.0 Å². The number of urea groups is 1. The van der Waals surface area contributed by atoms with Gasteiger partial charge in [0.2, 0.25) is 5.91 Å². The van der Waals surface area contributed by atoms with Crippen molar-refractivity contribution in [1.82, 2.24) is 5.32 Å². The monoisotopic (exact) mass is 361 g/mol. The van der Waals surface area contributed by atoms with E-state index in [1.807, 2.05) is 0 Å². The number of halogens is 2. The minimum absolute atomic E-state index is 0.0469. The van der Waals surface area contributed by atoms with Crippen LogP contribution in [0.25, 0.3) is 0 Å². The molecular formula is C18H17F2N3O3. The van der Waals surface area contributed by atoms with E-state index < -0.39 is 6.61 Å². The number of rotatable bonds is 6. The van der Waals surface area contributed by atoms with Crippen molar-refractivity contribution in [1.29, 1.82) is 0 Å². The van der Waals surface area contributed by atoms with Gasteiger partial charge >= 0.3 is 12.6 Å². The molecule has 6 nitrogen and oxygen atoms in total. The van der Waals surface area contributed by atoms with Gasteiger partial charge in [-0.2, -0.15) is 8.78 Å². The zero-order valence-electron chi connectivity index (χ0n) is 13.7. The normalized spacial score (nSPS) is 13.7. The molecule has 0 aromatic heterocycles. The molecule has 0 saturated carbocycles. The van der Waals surface area contributed by atoms with Crippen molar-refractivity contribution in [2.75, 3.05) is 23.3 Å². The number of nitrogens with zero attached hydrogens (tertiary/aromatic N) is 1. The summed E-state index contributed by atoms with van der Waals surface area (Å²) in [6.07, 6.45) is 0.102. The number of benzene rings is 2. The summed E-state index contributed by atoms with van der Waals surface area (Å²) in [5.41, 5.74) is 2.04. The van der Waals surface area contributed by atoms with E-state index in [1.54, 1.807) is 41.3 Å². The lowest BCUT2D eigenvalue weighted by Crippen LogP contribution is -2.27. The summed E-state index contributed by atoms with van der Waals surface area (Å²) in [4.78, 5) is 25.3. The third kappa shape index (κ3) is 4.47. The van der Waals surface area contributed by atoms with Crippen LogP contribution in [-0.4, -0.2) is 31.6 Å². The van der Waals surface area contributed by atoms with Gasteiger partial charge < -0.3 is 15.4 Å². The lowest BCUT2D eigenvalue weighted by Gasteiger charge is -2.14. The zero-order valence-corrected chi connectivity index (χ0v) is 13.7. The Bertz CT molecular complexity index is 779. The molecule has 0 radical (unpaired) electrons. The number of hydrogen-bond donors (Lipinski definition) is 2. The van der Waals surface area contributed by atoms with Crippen LogP contribution < -0.4 is 20.3 Å². The molecule has 2 N–H and O–H groups in total. The van der Waals surface area contributed by atoms with Crippen LogP contribution in [0, 0.1) is 0 Å². The number of carbonyl (C=O) groups is 2. The molecule has 2 aromatic rings. The molecule has 0 aliphatic carbocycles. The largest absolute Gasteiger partial charge is 0.435 e. The average molecular weight is 361 g/mol. The molecule has 2 aromatic carbocycles. The van der Waals surface area contributed by atoms with Crippen molar-refractivity contribution in [2.24, 2.45) is 0 Å². The molecule has 1 heterocycles. The van der Waals surface area contributed by atoms with Crippen molar-refractivity contribution in [2.45, 2.75) is 13.0 Å². The Labute approximate surface area is 148 Å². The van der Waals surface area contributed by atoms with E-state index >= 15 is 0 Å². The van der Waals surface area contributed by atoms with E-state index in [1.165, 1.54) is 12.1 Å². The van der Waals surface area contributed by atoms with Gasteiger partial charge in [0.15, 0.2) is 0 Å². The molecule has 0 atom stereocenters. The number of hydrogen-bond acceptors (Lipinski definition) is 3. The van der Waals surface area contributed by atoms with Gasteiger partial charge in [-0.3, -0.25) is 9.69 Å². The maximum atomic E-state index is 12.1. The number of ether oxygens (including phenoxy) is 1. The summed E-state index contributed by atoms with van der Waals surface area (Å²) in [5, 5.41) is 5.48. The van der Waals surface area contributed by atoms with E-state index in [-0.39, 0.29) is 24.1 Å². The summed E-state index contributed by atoms with van der Waals surface area (Å²) >= 11 is 0. The molecule has 1 saturated heterocycles. The van der Waals surface area contributed by atoms with Crippen LogP contribution in [0.5, 0.6) is 5.75 Å². The first-order chi connectivity index (χ1) is 12.5. The Hall–Kier alpha value is -3.16. The summed E-state index contributed by atoms with van der Waals surface area (Å²) in [6, 6.07) is 12.7. The van der Waals surface area contributed by atoms with Crippen molar-refractivity contribution < 1.29 is 23.1 Å². The predicted octanol–water partition coefficient (Wildman–Crippen LogP) is 3.00. The Kier molecular flexibility index (Phi) is 5.31. The average Bonchev–Trinajstić information content (AvgIpc) is 3.03. The fourth-order valence-electron chi connectivity index (χ4n) is 2.62. The quantitative estimate of drug-likeness (QED) is 0.831. The molecule has 3 rings (SSSR count). The van der Waals surface area contributed by atoms with E-state index in [9.17, 15) is 18.4 Å². The van der Waals surface area contributed by atoms with Crippen molar-refractivity contribution in [3.05, 3.63) is 54.1 Å². The Balaban J connectivity index is 1.55. The maximum Gasteiger partial charge on any atom is 0.387 e. The summed E-state index contributed by atoms with van der Waals surface area (Å²) in [6.45, 7) is -1.66. The molecule has 8 heteroatoms. The van der Waals surface area contributed by atoms with Gasteiger partial charge in [-0.1, -0.05) is 12.1 Å². The standard InChI is InChI=1S/C18H17F2N3O3/c19-17(20)26-15-7-1-12(2-8-15)11-16(24)22-13-3-5-14(6-4-13)23-10-9-21-18(23)25/h1-8,17H,9-11H2,(H,21,25)(H,22,24). The van der Waals surface area contributed by atoms with E-state index in [4.69, 9.17) is 0 Å². The lowest BCUT2D eigenvalue weighted by molar-refractivity contribution is -0.115. The second kappa shape index (κ2) is 7.81. The Morgan fingerprint density at radius 1 is 1.15 bits per heavy atom. The molecule has 1 fully saturated rings. The van der Waals surface area contributed by atoms with Crippen LogP contribution in [0.3, 0.4) is 0 Å². The van der Waals surface area contributed by atoms with E-state index in [0.717, 1.165) is 5.69 Å². The summed E-state index contributed by atoms with van der Waals surface area (Å²) < 4.78 is 28.5. The maximum absolute atomic E-state index is 12.1. The van der Waals surface area contributed by atoms with Gasteiger partial charge in [-0.25, -0.2) is 4.79 Å². The zero-order chi connectivity index (χ0) is 18.5. The molecule has 3 amide bonds. The van der Waals surface area contributed by atoms with Gasteiger partial charge in [0.1, 0.15) is 5.75 Å². The minimum Gasteiger partial charge on any atom is -0.435 e. The molecule has 0 spiro atoms. The topological polar surface area (TPSA) is 70.7 Å². The van der Waals surface area contributed by atoms with E-state index in [0.29, 0.717) is 24.3 Å². The van der Waals surface area contributed by atoms with Crippen LogP contribution >= 0.6 is 0 Å². The molecule has 1 aliphatic rings. The van der Waals surface area contributed by atoms with Gasteiger partial charge in [0.25, 0.3) is 0 Å². The van der Waals surface area contributed by atoms with Crippen molar-refractivity contribution in [3.63, 3.8) is 0 Å². The smallest absolute Gasteiger partial charge is 0.387 e. The Morgan fingerprint density at radius 3 is 2.42 bits per heavy atom. The van der Waals surface area contributed by atoms with Crippen LogP contribution in [-0.2, 0) is 11.2 Å². The highest BCUT2D eigenvalue weighted by Crippen LogP contribution is 2.20. The van der Waals surface area contributed by atoms with Gasteiger partial charge in [-0.15, -0.1) is 0 Å². The van der Waals surface area contributed by atoms with Gasteiger partial charge in [0.05, 0.1) is 6.42 Å². The second-order valence-electron chi connectivity index (χ2n) is 5.68. The number of carbonyl (C=O) groups excluding carboxylic acids is 2. The highest BCUT2D eigenvalue weighted by molar-refractivity contribution is 5.95. The summed E-state index contributed by atoms with van der Waals surface area (Å²) in [7, 11) is 0. The van der Waals surface area contributed by atoms with Crippen LogP contribution in [0.1, 0.15) is 5.56 Å². The van der Waals surface area contributed by atoms with Gasteiger partial charge in [0, 0.05) is 24.5 Å².